The molecule has 36 heavy (non-hydrogen) atoms. The van der Waals surface area contributed by atoms with Crippen LogP contribution in [0, 0.1) is 52.3 Å². The van der Waals surface area contributed by atoms with Gasteiger partial charge in [-0.3, -0.25) is 9.59 Å². The third-order valence-corrected chi connectivity index (χ3v) is 12.2. The van der Waals surface area contributed by atoms with Crippen molar-refractivity contribution in [3.8, 4) is 0 Å². The predicted molar refractivity (Wildman–Crippen MR) is 153 cm³/mol. The summed E-state index contributed by atoms with van der Waals surface area (Å²) in [4.78, 5) is 24.2. The van der Waals surface area contributed by atoms with Gasteiger partial charge in [0.2, 0.25) is 0 Å². The molecule has 4 fully saturated rings. The van der Waals surface area contributed by atoms with Gasteiger partial charge in [0.25, 0.3) is 0 Å². The standard InChI is InChI=1S/C31H51IO4/c1-19(2)8-7-9-20(3)24-12-13-25-23-11-10-22-16-27(35-21(4)33)28(36-29(34)18-32)17-31(22,6)26(23)14-15-30(24,25)5/h19-20,22-28H,7-18H2,1-6H3/t20-,22+,23+,24-,25+,26+,27-,28+,30-,31+/m1/s1. The number of carbonyl (C=O) groups is 2. The van der Waals surface area contributed by atoms with Crippen molar-refractivity contribution in [3.63, 3.8) is 0 Å². The molecule has 0 bridgehead atoms. The molecular weight excluding hydrogens is 563 g/mol. The molecule has 0 aliphatic heterocycles. The van der Waals surface area contributed by atoms with Gasteiger partial charge in [0.15, 0.2) is 0 Å². The highest BCUT2D eigenvalue weighted by Crippen LogP contribution is 2.68. The van der Waals surface area contributed by atoms with Gasteiger partial charge >= 0.3 is 11.9 Å². The van der Waals surface area contributed by atoms with Gasteiger partial charge in [0.05, 0.1) is 4.43 Å². The monoisotopic (exact) mass is 614 g/mol. The van der Waals surface area contributed by atoms with E-state index in [0.29, 0.717) is 21.7 Å². The minimum Gasteiger partial charge on any atom is -0.459 e. The summed E-state index contributed by atoms with van der Waals surface area (Å²) in [6.07, 6.45) is 13.3. The lowest BCUT2D eigenvalue weighted by atomic mass is 9.44. The average Bonchev–Trinajstić information content (AvgIpc) is 3.16. The zero-order valence-corrected chi connectivity index (χ0v) is 25.8. The largest absolute Gasteiger partial charge is 0.459 e. The van der Waals surface area contributed by atoms with E-state index in [-0.39, 0.29) is 29.6 Å². The van der Waals surface area contributed by atoms with Gasteiger partial charge in [-0.1, -0.05) is 76.5 Å². The molecule has 0 unspecified atom stereocenters. The molecule has 5 heteroatoms. The predicted octanol–water partition coefficient (Wildman–Crippen LogP) is 8.00. The first-order valence-corrected chi connectivity index (χ1v) is 16.4. The summed E-state index contributed by atoms with van der Waals surface area (Å²) in [5.41, 5.74) is 0.654. The Labute approximate surface area is 233 Å². The van der Waals surface area contributed by atoms with E-state index in [4.69, 9.17) is 9.47 Å². The molecular formula is C31H51IO4. The molecule has 4 nitrogen and oxygen atoms in total. The zero-order valence-electron chi connectivity index (χ0n) is 23.7. The summed E-state index contributed by atoms with van der Waals surface area (Å²) in [7, 11) is 0. The third kappa shape index (κ3) is 5.52. The number of alkyl halides is 1. The Bertz CT molecular complexity index is 797. The van der Waals surface area contributed by atoms with Crippen molar-refractivity contribution in [1.82, 2.24) is 0 Å². The Kier molecular flexibility index (Phi) is 9.09. The van der Waals surface area contributed by atoms with Gasteiger partial charge < -0.3 is 9.47 Å². The highest BCUT2D eigenvalue weighted by Gasteiger charge is 2.62. The van der Waals surface area contributed by atoms with Gasteiger partial charge in [-0.2, -0.15) is 0 Å². The van der Waals surface area contributed by atoms with Crippen molar-refractivity contribution >= 4 is 34.5 Å². The lowest BCUT2D eigenvalue weighted by molar-refractivity contribution is -0.195. The number of esters is 2. The second kappa shape index (κ2) is 11.4. The molecule has 0 N–H and O–H groups in total. The summed E-state index contributed by atoms with van der Waals surface area (Å²) >= 11 is 2.07. The highest BCUT2D eigenvalue weighted by atomic mass is 127. The van der Waals surface area contributed by atoms with Crippen molar-refractivity contribution < 1.29 is 19.1 Å². The molecule has 0 aromatic rings. The van der Waals surface area contributed by atoms with Crippen molar-refractivity contribution in [2.45, 2.75) is 124 Å². The molecule has 4 saturated carbocycles. The zero-order chi connectivity index (χ0) is 26.3. The molecule has 10 atom stereocenters. The number of carbonyl (C=O) groups excluding carboxylic acids is 2. The Hall–Kier alpha value is -0.330. The lowest BCUT2D eigenvalue weighted by Crippen LogP contribution is -2.58. The normalized spacial score (nSPS) is 42.7. The highest BCUT2D eigenvalue weighted by molar-refractivity contribution is 14.1. The van der Waals surface area contributed by atoms with Gasteiger partial charge in [0, 0.05) is 6.92 Å². The summed E-state index contributed by atoms with van der Waals surface area (Å²) in [6.45, 7) is 13.9. The van der Waals surface area contributed by atoms with Crippen LogP contribution in [0.4, 0.5) is 0 Å². The van der Waals surface area contributed by atoms with Crippen LogP contribution in [0.2, 0.25) is 0 Å². The minimum absolute atomic E-state index is 0.165. The van der Waals surface area contributed by atoms with Gasteiger partial charge in [-0.15, -0.1) is 0 Å². The fourth-order valence-corrected chi connectivity index (χ4v) is 10.1. The first-order valence-electron chi connectivity index (χ1n) is 14.9. The quantitative estimate of drug-likeness (QED) is 0.158. The topological polar surface area (TPSA) is 52.6 Å². The molecule has 0 aromatic carbocycles. The molecule has 206 valence electrons. The van der Waals surface area contributed by atoms with Crippen LogP contribution in [0.5, 0.6) is 0 Å². The van der Waals surface area contributed by atoms with E-state index >= 15 is 0 Å². The van der Waals surface area contributed by atoms with Crippen LogP contribution >= 0.6 is 22.6 Å². The molecule has 0 spiro atoms. The number of rotatable bonds is 8. The summed E-state index contributed by atoms with van der Waals surface area (Å²) in [5, 5.41) is 0. The van der Waals surface area contributed by atoms with Gasteiger partial charge in [-0.05, 0) is 104 Å². The van der Waals surface area contributed by atoms with Crippen molar-refractivity contribution in [2.75, 3.05) is 4.43 Å². The molecule has 4 aliphatic rings. The van der Waals surface area contributed by atoms with Crippen LogP contribution in [0.1, 0.15) is 112 Å². The SMILES string of the molecule is CC(=O)O[C@@H]1C[C@@H]2CC[C@@H]3[C@H](CC[C@]4(C)[C@@H]([C@H](C)CCCC(C)C)CC[C@@H]34)[C@@]2(C)C[C@@H]1OC(=O)CI. The van der Waals surface area contributed by atoms with Crippen LogP contribution in [0.3, 0.4) is 0 Å². The number of ether oxygens (including phenoxy) is 2. The average molecular weight is 615 g/mol. The fraction of sp³-hybridized carbons (Fsp3) is 0.935. The van der Waals surface area contributed by atoms with Crippen LogP contribution in [0.25, 0.3) is 0 Å². The molecule has 4 aliphatic carbocycles. The smallest absolute Gasteiger partial charge is 0.316 e. The van der Waals surface area contributed by atoms with Crippen molar-refractivity contribution in [1.29, 1.82) is 0 Å². The van der Waals surface area contributed by atoms with Crippen molar-refractivity contribution in [3.05, 3.63) is 0 Å². The Morgan fingerprint density at radius 3 is 2.31 bits per heavy atom. The third-order valence-electron chi connectivity index (χ3n) is 11.5. The van der Waals surface area contributed by atoms with E-state index in [0.717, 1.165) is 42.4 Å². The fourth-order valence-electron chi connectivity index (χ4n) is 9.92. The van der Waals surface area contributed by atoms with Crippen molar-refractivity contribution in [2.24, 2.45) is 52.3 Å². The molecule has 0 aromatic heterocycles. The molecule has 4 rings (SSSR count). The van der Waals surface area contributed by atoms with Crippen LogP contribution < -0.4 is 0 Å². The number of fused-ring (bicyclic) bond motifs is 5. The Morgan fingerprint density at radius 1 is 0.917 bits per heavy atom. The van der Waals surface area contributed by atoms with Crippen LogP contribution in [-0.4, -0.2) is 28.6 Å². The van der Waals surface area contributed by atoms with E-state index in [1.807, 2.05) is 0 Å². The first kappa shape index (κ1) is 28.7. The maximum atomic E-state index is 12.3. The summed E-state index contributed by atoms with van der Waals surface area (Å²) < 4.78 is 12.0. The van der Waals surface area contributed by atoms with E-state index in [9.17, 15) is 9.59 Å². The first-order chi connectivity index (χ1) is 17.0. The van der Waals surface area contributed by atoms with Gasteiger partial charge in [-0.25, -0.2) is 0 Å². The summed E-state index contributed by atoms with van der Waals surface area (Å²) in [6, 6.07) is 0. The Balaban J connectivity index is 1.50. The molecule has 0 saturated heterocycles. The molecule has 0 heterocycles. The van der Waals surface area contributed by atoms with Crippen LogP contribution in [-0.2, 0) is 19.1 Å². The van der Waals surface area contributed by atoms with Crippen LogP contribution in [0.15, 0.2) is 0 Å². The maximum absolute atomic E-state index is 12.3. The molecule has 0 radical (unpaired) electrons. The lowest BCUT2D eigenvalue weighted by Gasteiger charge is -2.62. The van der Waals surface area contributed by atoms with E-state index < -0.39 is 0 Å². The number of hydrogen-bond acceptors (Lipinski definition) is 4. The Morgan fingerprint density at radius 2 is 1.64 bits per heavy atom. The number of hydrogen-bond donors (Lipinski definition) is 0. The number of halogens is 1. The van der Waals surface area contributed by atoms with E-state index in [1.54, 1.807) is 0 Å². The van der Waals surface area contributed by atoms with Gasteiger partial charge in [0.1, 0.15) is 12.2 Å². The van der Waals surface area contributed by atoms with E-state index in [2.05, 4.69) is 57.2 Å². The second-order valence-electron chi connectivity index (χ2n) is 13.9. The summed E-state index contributed by atoms with van der Waals surface area (Å²) in [5.74, 6) is 4.95. The minimum atomic E-state index is -0.304. The van der Waals surface area contributed by atoms with E-state index in [1.165, 1.54) is 64.7 Å². The second-order valence-corrected chi connectivity index (χ2v) is 14.7. The maximum Gasteiger partial charge on any atom is 0.316 e. The molecule has 0 amide bonds.